The zero-order valence-corrected chi connectivity index (χ0v) is 14.0. The summed E-state index contributed by atoms with van der Waals surface area (Å²) in [6.45, 7) is 0. The van der Waals surface area contributed by atoms with Crippen LogP contribution in [0.1, 0.15) is 11.1 Å². The number of aromatic nitrogens is 1. The van der Waals surface area contributed by atoms with Crippen molar-refractivity contribution < 1.29 is 4.74 Å². The number of nitrogens with one attached hydrogen (secondary N) is 1. The summed E-state index contributed by atoms with van der Waals surface area (Å²) in [5, 5.41) is 8.00. The third kappa shape index (κ3) is 3.77. The Kier molecular flexibility index (Phi) is 4.95. The lowest BCUT2D eigenvalue weighted by Gasteiger charge is -2.24. The largest absolute Gasteiger partial charge is 0.497 e. The van der Waals surface area contributed by atoms with Crippen molar-refractivity contribution in [2.45, 2.75) is 6.42 Å². The maximum Gasteiger partial charge on any atom is 0.198 e. The fourth-order valence-electron chi connectivity index (χ4n) is 2.69. The van der Waals surface area contributed by atoms with Crippen LogP contribution in [0.4, 0.5) is 11.5 Å². The van der Waals surface area contributed by atoms with Gasteiger partial charge in [0, 0.05) is 12.6 Å². The van der Waals surface area contributed by atoms with E-state index in [9.17, 15) is 0 Å². The molecule has 1 aromatic heterocycles. The second kappa shape index (κ2) is 7.49. The molecule has 0 saturated carbocycles. The van der Waals surface area contributed by atoms with Crippen molar-refractivity contribution in [1.82, 2.24) is 4.98 Å². The summed E-state index contributed by atoms with van der Waals surface area (Å²) < 4.78 is 5.21. The molecule has 0 saturated heterocycles. The lowest BCUT2D eigenvalue weighted by Crippen LogP contribution is -2.33. The van der Waals surface area contributed by atoms with Crippen LogP contribution in [0.25, 0.3) is 0 Å². The smallest absolute Gasteiger partial charge is 0.198 e. The van der Waals surface area contributed by atoms with Gasteiger partial charge in [-0.05, 0) is 41.5 Å². The van der Waals surface area contributed by atoms with E-state index in [1.165, 1.54) is 0 Å². The number of pyridine rings is 1. The van der Waals surface area contributed by atoms with Crippen LogP contribution in [0.3, 0.4) is 0 Å². The summed E-state index contributed by atoms with van der Waals surface area (Å²) in [6, 6.07) is 21.4. The van der Waals surface area contributed by atoms with Gasteiger partial charge in [-0.25, -0.2) is 4.98 Å². The fraction of sp³-hybridized carbons (Fsp3) is 0.100. The predicted octanol–water partition coefficient (Wildman–Crippen LogP) is 3.71. The Hall–Kier alpha value is -3.34. The molecule has 0 fully saturated rings. The van der Waals surface area contributed by atoms with Crippen molar-refractivity contribution in [1.29, 1.82) is 5.41 Å². The Morgan fingerprint density at radius 1 is 1.04 bits per heavy atom. The quantitative estimate of drug-likeness (QED) is 0.552. The van der Waals surface area contributed by atoms with E-state index in [0.29, 0.717) is 12.2 Å². The van der Waals surface area contributed by atoms with Crippen molar-refractivity contribution >= 4 is 17.5 Å². The van der Waals surface area contributed by atoms with Crippen LogP contribution >= 0.6 is 0 Å². The standard InChI is InChI=1S/C20H20N4O/c1-25-18-11-9-15(10-12-18)14-16-6-5-13-23-19(16)24(20(21)22)17-7-3-2-4-8-17/h2-13H,14H2,1H3,(H3,21,22). The summed E-state index contributed by atoms with van der Waals surface area (Å²) >= 11 is 0. The van der Waals surface area contributed by atoms with E-state index in [-0.39, 0.29) is 5.96 Å². The Morgan fingerprint density at radius 3 is 2.40 bits per heavy atom. The third-order valence-corrected chi connectivity index (χ3v) is 3.89. The summed E-state index contributed by atoms with van der Waals surface area (Å²) in [7, 11) is 1.65. The number of nitrogens with two attached hydrogens (primary N) is 1. The molecule has 3 N–H and O–H groups in total. The number of ether oxygens (including phenoxy) is 1. The second-order valence-corrected chi connectivity index (χ2v) is 5.57. The third-order valence-electron chi connectivity index (χ3n) is 3.89. The highest BCUT2D eigenvalue weighted by Gasteiger charge is 2.17. The average molecular weight is 332 g/mol. The van der Waals surface area contributed by atoms with Crippen molar-refractivity contribution in [3.63, 3.8) is 0 Å². The Balaban J connectivity index is 1.97. The summed E-state index contributed by atoms with van der Waals surface area (Å²) in [5.74, 6) is 1.42. The van der Waals surface area contributed by atoms with Gasteiger partial charge in [-0.1, -0.05) is 36.4 Å². The van der Waals surface area contributed by atoms with Gasteiger partial charge in [0.25, 0.3) is 0 Å². The molecule has 126 valence electrons. The second-order valence-electron chi connectivity index (χ2n) is 5.57. The molecule has 0 atom stereocenters. The topological polar surface area (TPSA) is 75.2 Å². The Labute approximate surface area is 147 Å². The normalized spacial score (nSPS) is 10.3. The van der Waals surface area contributed by atoms with E-state index in [1.807, 2.05) is 66.7 Å². The van der Waals surface area contributed by atoms with Gasteiger partial charge in [-0.3, -0.25) is 10.3 Å². The van der Waals surface area contributed by atoms with Crippen LogP contribution in [0.5, 0.6) is 5.75 Å². The SMILES string of the molecule is COc1ccc(Cc2cccnc2N(C(=N)N)c2ccccc2)cc1. The van der Waals surface area contributed by atoms with Crippen LogP contribution in [0.15, 0.2) is 72.9 Å². The first kappa shape index (κ1) is 16.5. The summed E-state index contributed by atoms with van der Waals surface area (Å²) in [4.78, 5) is 6.14. The number of nitrogens with zero attached hydrogens (tertiary/aromatic N) is 2. The van der Waals surface area contributed by atoms with Gasteiger partial charge in [0.1, 0.15) is 11.6 Å². The molecular weight excluding hydrogens is 312 g/mol. The molecule has 1 heterocycles. The number of hydrogen-bond acceptors (Lipinski definition) is 3. The van der Waals surface area contributed by atoms with Gasteiger partial charge in [0.15, 0.2) is 5.96 Å². The molecule has 3 aromatic rings. The lowest BCUT2D eigenvalue weighted by molar-refractivity contribution is 0.414. The van der Waals surface area contributed by atoms with Crippen LogP contribution in [-0.4, -0.2) is 18.1 Å². The van der Waals surface area contributed by atoms with Crippen molar-refractivity contribution in [2.24, 2.45) is 5.73 Å². The first-order valence-electron chi connectivity index (χ1n) is 7.95. The van der Waals surface area contributed by atoms with Crippen LogP contribution in [0.2, 0.25) is 0 Å². The molecule has 0 unspecified atom stereocenters. The van der Waals surface area contributed by atoms with Crippen molar-refractivity contribution in [3.05, 3.63) is 84.1 Å². The number of methoxy groups -OCH3 is 1. The minimum Gasteiger partial charge on any atom is -0.497 e. The van der Waals surface area contributed by atoms with Gasteiger partial charge < -0.3 is 10.5 Å². The van der Waals surface area contributed by atoms with Crippen molar-refractivity contribution in [3.8, 4) is 5.75 Å². The molecule has 0 amide bonds. The molecule has 0 aliphatic heterocycles. The number of hydrogen-bond donors (Lipinski definition) is 2. The van der Waals surface area contributed by atoms with E-state index >= 15 is 0 Å². The van der Waals surface area contributed by atoms with Crippen molar-refractivity contribution in [2.75, 3.05) is 12.0 Å². The molecule has 5 heteroatoms. The number of rotatable bonds is 5. The zero-order chi connectivity index (χ0) is 17.6. The fourth-order valence-corrected chi connectivity index (χ4v) is 2.69. The number of anilines is 2. The molecule has 25 heavy (non-hydrogen) atoms. The van der Waals surface area contributed by atoms with Crippen LogP contribution in [0, 0.1) is 5.41 Å². The molecule has 3 rings (SSSR count). The van der Waals surface area contributed by atoms with Crippen LogP contribution in [-0.2, 0) is 6.42 Å². The number of benzene rings is 2. The summed E-state index contributed by atoms with van der Waals surface area (Å²) in [6.07, 6.45) is 2.40. The first-order valence-corrected chi connectivity index (χ1v) is 7.95. The Bertz CT molecular complexity index is 847. The van der Waals surface area contributed by atoms with E-state index < -0.39 is 0 Å². The van der Waals surface area contributed by atoms with Gasteiger partial charge in [-0.15, -0.1) is 0 Å². The average Bonchev–Trinajstić information content (AvgIpc) is 2.64. The first-order chi connectivity index (χ1) is 12.2. The van der Waals surface area contributed by atoms with E-state index in [0.717, 1.165) is 22.6 Å². The molecule has 0 radical (unpaired) electrons. The molecule has 0 spiro atoms. The minimum absolute atomic E-state index is 0.0686. The highest BCUT2D eigenvalue weighted by atomic mass is 16.5. The van der Waals surface area contributed by atoms with Gasteiger partial charge in [-0.2, -0.15) is 0 Å². The molecule has 0 aliphatic rings. The summed E-state index contributed by atoms with van der Waals surface area (Å²) in [5.41, 5.74) is 8.79. The zero-order valence-electron chi connectivity index (χ0n) is 14.0. The van der Waals surface area contributed by atoms with Gasteiger partial charge in [0.2, 0.25) is 0 Å². The maximum absolute atomic E-state index is 8.00. The molecule has 5 nitrogen and oxygen atoms in total. The molecular formula is C20H20N4O. The molecule has 0 aliphatic carbocycles. The maximum atomic E-state index is 8.00. The predicted molar refractivity (Wildman–Crippen MR) is 101 cm³/mol. The van der Waals surface area contributed by atoms with Gasteiger partial charge >= 0.3 is 0 Å². The van der Waals surface area contributed by atoms with E-state index in [1.54, 1.807) is 18.2 Å². The van der Waals surface area contributed by atoms with Gasteiger partial charge in [0.05, 0.1) is 12.8 Å². The Morgan fingerprint density at radius 2 is 1.76 bits per heavy atom. The highest BCUT2D eigenvalue weighted by molar-refractivity contribution is 5.99. The van der Waals surface area contributed by atoms with E-state index in [2.05, 4.69) is 4.98 Å². The minimum atomic E-state index is -0.0686. The monoisotopic (exact) mass is 332 g/mol. The van der Waals surface area contributed by atoms with E-state index in [4.69, 9.17) is 15.9 Å². The molecule has 2 aromatic carbocycles. The lowest BCUT2D eigenvalue weighted by atomic mass is 10.0. The highest BCUT2D eigenvalue weighted by Crippen LogP contribution is 2.28. The number of guanidine groups is 1. The van der Waals surface area contributed by atoms with Crippen LogP contribution < -0.4 is 15.4 Å². The number of para-hydroxylation sites is 1. The molecule has 0 bridgehead atoms.